The molecule has 3 aromatic carbocycles. The van der Waals surface area contributed by atoms with Crippen LogP contribution in [0.2, 0.25) is 0 Å². The van der Waals surface area contributed by atoms with Gasteiger partial charge >= 0.3 is 5.97 Å². The topological polar surface area (TPSA) is 57.5 Å². The SMILES string of the molecule is COCCn1c(C)cc(C(=O)COC(=O)c2c3ccccc3cc3ccccc23)c1C. The first kappa shape index (κ1) is 20.8. The van der Waals surface area contributed by atoms with Crippen molar-refractivity contribution >= 4 is 33.3 Å². The molecule has 0 N–H and O–H groups in total. The van der Waals surface area contributed by atoms with E-state index in [4.69, 9.17) is 9.47 Å². The number of hydrogen-bond donors (Lipinski definition) is 0. The van der Waals surface area contributed by atoms with Gasteiger partial charge in [0.15, 0.2) is 6.61 Å². The highest BCUT2D eigenvalue weighted by molar-refractivity contribution is 6.17. The van der Waals surface area contributed by atoms with Gasteiger partial charge < -0.3 is 14.0 Å². The second-order valence-corrected chi connectivity index (χ2v) is 7.62. The predicted molar refractivity (Wildman–Crippen MR) is 122 cm³/mol. The zero-order valence-electron chi connectivity index (χ0n) is 18.0. The summed E-state index contributed by atoms with van der Waals surface area (Å²) in [5.41, 5.74) is 2.90. The third-order valence-corrected chi connectivity index (χ3v) is 5.70. The zero-order valence-corrected chi connectivity index (χ0v) is 18.0. The number of ether oxygens (including phenoxy) is 2. The number of aromatic nitrogens is 1. The summed E-state index contributed by atoms with van der Waals surface area (Å²) in [7, 11) is 1.65. The van der Waals surface area contributed by atoms with Crippen LogP contribution in [0, 0.1) is 13.8 Å². The second-order valence-electron chi connectivity index (χ2n) is 7.62. The molecule has 5 nitrogen and oxygen atoms in total. The number of Topliss-reactive ketones (excluding diaryl/α,β-unsaturated/α-hetero) is 1. The van der Waals surface area contributed by atoms with Crippen LogP contribution in [0.1, 0.15) is 32.1 Å². The number of carbonyl (C=O) groups excluding carboxylic acids is 2. The van der Waals surface area contributed by atoms with Crippen LogP contribution in [0.15, 0.2) is 60.7 Å². The molecule has 1 heterocycles. The monoisotopic (exact) mass is 415 g/mol. The van der Waals surface area contributed by atoms with Gasteiger partial charge in [-0.1, -0.05) is 48.5 Å². The van der Waals surface area contributed by atoms with Crippen LogP contribution in [0.25, 0.3) is 21.5 Å². The van der Waals surface area contributed by atoms with E-state index in [-0.39, 0.29) is 12.4 Å². The van der Waals surface area contributed by atoms with Crippen LogP contribution in [0.3, 0.4) is 0 Å². The highest BCUT2D eigenvalue weighted by atomic mass is 16.5. The largest absolute Gasteiger partial charge is 0.454 e. The van der Waals surface area contributed by atoms with E-state index in [0.29, 0.717) is 24.3 Å². The number of rotatable bonds is 7. The highest BCUT2D eigenvalue weighted by Crippen LogP contribution is 2.29. The van der Waals surface area contributed by atoms with Crippen LogP contribution >= 0.6 is 0 Å². The average Bonchev–Trinajstić information content (AvgIpc) is 3.07. The van der Waals surface area contributed by atoms with Crippen molar-refractivity contribution in [3.05, 3.63) is 83.2 Å². The Morgan fingerprint density at radius 3 is 2.13 bits per heavy atom. The Labute approximate surface area is 181 Å². The van der Waals surface area contributed by atoms with Crippen LogP contribution in [0.4, 0.5) is 0 Å². The van der Waals surface area contributed by atoms with Gasteiger partial charge in [0.05, 0.1) is 12.2 Å². The van der Waals surface area contributed by atoms with Crippen molar-refractivity contribution in [3.8, 4) is 0 Å². The molecule has 0 fully saturated rings. The maximum Gasteiger partial charge on any atom is 0.339 e. The fourth-order valence-corrected chi connectivity index (χ4v) is 4.12. The van der Waals surface area contributed by atoms with Gasteiger partial charge in [-0.2, -0.15) is 0 Å². The number of fused-ring (bicyclic) bond motifs is 2. The van der Waals surface area contributed by atoms with Crippen LogP contribution < -0.4 is 0 Å². The number of ketones is 1. The van der Waals surface area contributed by atoms with Crippen molar-refractivity contribution in [2.24, 2.45) is 0 Å². The van der Waals surface area contributed by atoms with E-state index in [0.717, 1.165) is 32.9 Å². The standard InChI is InChI=1S/C26H25NO4/c1-17-14-23(18(2)27(17)12-13-30-3)24(28)16-31-26(29)25-21-10-6-4-8-19(21)15-20-9-5-7-11-22(20)25/h4-11,14-15H,12-13,16H2,1-3H3. The summed E-state index contributed by atoms with van der Waals surface area (Å²) >= 11 is 0. The molecule has 31 heavy (non-hydrogen) atoms. The lowest BCUT2D eigenvalue weighted by atomic mass is 9.97. The van der Waals surface area contributed by atoms with E-state index in [1.165, 1.54) is 0 Å². The molecule has 0 saturated carbocycles. The first-order valence-electron chi connectivity index (χ1n) is 10.3. The van der Waals surface area contributed by atoms with E-state index < -0.39 is 5.97 Å². The quantitative estimate of drug-likeness (QED) is 0.239. The molecule has 0 bridgehead atoms. The minimum absolute atomic E-state index is 0.213. The lowest BCUT2D eigenvalue weighted by molar-refractivity contribution is 0.0478. The Hall–Kier alpha value is -3.44. The minimum Gasteiger partial charge on any atom is -0.454 e. The Bertz CT molecular complexity index is 1230. The molecule has 5 heteroatoms. The molecule has 0 aliphatic heterocycles. The van der Waals surface area contributed by atoms with Crippen molar-refractivity contribution < 1.29 is 19.1 Å². The van der Waals surface area contributed by atoms with Gasteiger partial charge in [-0.25, -0.2) is 4.79 Å². The van der Waals surface area contributed by atoms with E-state index in [1.54, 1.807) is 7.11 Å². The van der Waals surface area contributed by atoms with Gasteiger partial charge in [0.1, 0.15) is 0 Å². The van der Waals surface area contributed by atoms with Crippen LogP contribution in [-0.2, 0) is 16.0 Å². The number of aryl methyl sites for hydroxylation is 1. The summed E-state index contributed by atoms with van der Waals surface area (Å²) in [6.07, 6.45) is 0. The molecule has 0 spiro atoms. The fraction of sp³-hybridized carbons (Fsp3) is 0.231. The molecule has 0 aliphatic carbocycles. The molecule has 0 radical (unpaired) electrons. The summed E-state index contributed by atoms with van der Waals surface area (Å²) in [5.74, 6) is -0.704. The molecule has 4 aromatic rings. The van der Waals surface area contributed by atoms with Crippen molar-refractivity contribution in [3.63, 3.8) is 0 Å². The van der Waals surface area contributed by atoms with Gasteiger partial charge in [0.25, 0.3) is 0 Å². The fourth-order valence-electron chi connectivity index (χ4n) is 4.12. The molecular weight excluding hydrogens is 390 g/mol. The van der Waals surface area contributed by atoms with Gasteiger partial charge in [-0.3, -0.25) is 4.79 Å². The van der Waals surface area contributed by atoms with Gasteiger partial charge in [-0.15, -0.1) is 0 Å². The van der Waals surface area contributed by atoms with Gasteiger partial charge in [0, 0.05) is 30.6 Å². The molecule has 0 amide bonds. The van der Waals surface area contributed by atoms with Gasteiger partial charge in [0.2, 0.25) is 5.78 Å². The zero-order chi connectivity index (χ0) is 22.0. The average molecular weight is 415 g/mol. The number of methoxy groups -OCH3 is 1. The third-order valence-electron chi connectivity index (χ3n) is 5.70. The van der Waals surface area contributed by atoms with Crippen LogP contribution in [0.5, 0.6) is 0 Å². The number of benzene rings is 3. The Morgan fingerprint density at radius 2 is 1.52 bits per heavy atom. The molecule has 1 aromatic heterocycles. The number of esters is 1. The number of hydrogen-bond acceptors (Lipinski definition) is 4. The lowest BCUT2D eigenvalue weighted by Gasteiger charge is -2.11. The van der Waals surface area contributed by atoms with E-state index in [1.807, 2.05) is 73.0 Å². The maximum absolute atomic E-state index is 13.1. The van der Waals surface area contributed by atoms with Crippen molar-refractivity contribution in [2.45, 2.75) is 20.4 Å². The molecule has 0 aliphatic rings. The molecule has 0 atom stereocenters. The summed E-state index contributed by atoms with van der Waals surface area (Å²) < 4.78 is 12.7. The first-order valence-corrected chi connectivity index (χ1v) is 10.3. The second kappa shape index (κ2) is 8.74. The Kier molecular flexibility index (Phi) is 5.87. The molecule has 0 saturated heterocycles. The summed E-state index contributed by atoms with van der Waals surface area (Å²) in [5, 5.41) is 3.55. The van der Waals surface area contributed by atoms with Gasteiger partial charge in [-0.05, 0) is 47.5 Å². The van der Waals surface area contributed by atoms with Crippen molar-refractivity contribution in [2.75, 3.05) is 20.3 Å². The molecule has 0 unspecified atom stereocenters. The van der Waals surface area contributed by atoms with Crippen molar-refractivity contribution in [1.29, 1.82) is 0 Å². The highest BCUT2D eigenvalue weighted by Gasteiger charge is 2.20. The van der Waals surface area contributed by atoms with Crippen molar-refractivity contribution in [1.82, 2.24) is 4.57 Å². The van der Waals surface area contributed by atoms with E-state index in [2.05, 4.69) is 6.07 Å². The summed E-state index contributed by atoms with van der Waals surface area (Å²) in [6, 6.07) is 19.3. The molecule has 158 valence electrons. The number of nitrogens with zero attached hydrogens (tertiary/aromatic N) is 1. The Morgan fingerprint density at radius 1 is 0.903 bits per heavy atom. The van der Waals surface area contributed by atoms with Crippen LogP contribution in [-0.4, -0.2) is 36.6 Å². The first-order chi connectivity index (χ1) is 15.0. The molecular formula is C26H25NO4. The summed E-state index contributed by atoms with van der Waals surface area (Å²) in [4.78, 5) is 26.0. The predicted octanol–water partition coefficient (Wildman–Crippen LogP) is 5.10. The third kappa shape index (κ3) is 3.97. The van der Waals surface area contributed by atoms with E-state index in [9.17, 15) is 9.59 Å². The lowest BCUT2D eigenvalue weighted by Crippen LogP contribution is -2.16. The maximum atomic E-state index is 13.1. The normalized spacial score (nSPS) is 11.2. The van der Waals surface area contributed by atoms with E-state index >= 15 is 0 Å². The number of carbonyl (C=O) groups is 2. The summed E-state index contributed by atoms with van der Waals surface area (Å²) in [6.45, 7) is 4.78. The Balaban J connectivity index is 1.61. The minimum atomic E-state index is -0.491. The molecule has 4 rings (SSSR count). The smallest absolute Gasteiger partial charge is 0.339 e.